The number of likely N-dealkylation sites (tertiary alicyclic amines) is 1. The van der Waals surface area contributed by atoms with Crippen LogP contribution in [0.1, 0.15) is 33.6 Å². The van der Waals surface area contributed by atoms with Gasteiger partial charge in [-0.2, -0.15) is 0 Å². The maximum atomic E-state index is 13.8. The van der Waals surface area contributed by atoms with Gasteiger partial charge in [-0.05, 0) is 25.0 Å². The van der Waals surface area contributed by atoms with Crippen LogP contribution >= 0.6 is 0 Å². The number of halogens is 5. The zero-order valence-electron chi connectivity index (χ0n) is 13.9. The van der Waals surface area contributed by atoms with E-state index in [1.807, 2.05) is 0 Å². The number of rotatable bonds is 3. The van der Waals surface area contributed by atoms with E-state index in [4.69, 9.17) is 0 Å². The lowest BCUT2D eigenvalue weighted by Gasteiger charge is -2.31. The minimum atomic E-state index is -1.29. The fourth-order valence-electron chi connectivity index (χ4n) is 3.19. The van der Waals surface area contributed by atoms with Crippen molar-refractivity contribution in [2.45, 2.75) is 12.8 Å². The van der Waals surface area contributed by atoms with Crippen LogP contribution in [0.3, 0.4) is 0 Å². The third-order valence-electron chi connectivity index (χ3n) is 4.58. The predicted molar refractivity (Wildman–Crippen MR) is 85.6 cm³/mol. The Kier molecular flexibility index (Phi) is 5.25. The van der Waals surface area contributed by atoms with Crippen LogP contribution in [-0.2, 0) is 0 Å². The molecule has 2 aromatic rings. The van der Waals surface area contributed by atoms with Gasteiger partial charge in [0.2, 0.25) is 0 Å². The summed E-state index contributed by atoms with van der Waals surface area (Å²) in [7, 11) is 0. The number of carbonyl (C=O) groups excluding carboxylic acids is 2. The van der Waals surface area contributed by atoms with Crippen molar-refractivity contribution in [2.75, 3.05) is 13.1 Å². The second-order valence-corrected chi connectivity index (χ2v) is 6.27. The number of hydrogen-bond acceptors (Lipinski definition) is 2. The van der Waals surface area contributed by atoms with Gasteiger partial charge in [0.25, 0.3) is 5.91 Å². The van der Waals surface area contributed by atoms with E-state index < -0.39 is 57.8 Å². The highest BCUT2D eigenvalue weighted by Gasteiger charge is 2.32. The summed E-state index contributed by atoms with van der Waals surface area (Å²) < 4.78 is 68.0. The molecule has 0 unspecified atom stereocenters. The van der Waals surface area contributed by atoms with Crippen LogP contribution in [0.25, 0.3) is 0 Å². The molecule has 0 bridgehead atoms. The minimum absolute atomic E-state index is 0.00650. The average molecular weight is 383 g/mol. The molecule has 1 aliphatic rings. The van der Waals surface area contributed by atoms with Gasteiger partial charge in [0.1, 0.15) is 34.6 Å². The topological polar surface area (TPSA) is 37.4 Å². The molecule has 2 aromatic carbocycles. The summed E-state index contributed by atoms with van der Waals surface area (Å²) in [6.07, 6.45) is 0.133. The normalized spacial score (nSPS) is 15.1. The fraction of sp³-hybridized carbons (Fsp3) is 0.263. The Balaban J connectivity index is 1.72. The lowest BCUT2D eigenvalue weighted by molar-refractivity contribution is 0.0639. The number of ketones is 1. The lowest BCUT2D eigenvalue weighted by Crippen LogP contribution is -2.41. The van der Waals surface area contributed by atoms with Crippen LogP contribution in [0.5, 0.6) is 0 Å². The van der Waals surface area contributed by atoms with Gasteiger partial charge in [-0.25, -0.2) is 22.0 Å². The Labute approximate surface area is 151 Å². The molecule has 0 saturated carbocycles. The summed E-state index contributed by atoms with van der Waals surface area (Å²) in [6, 6.07) is 3.92. The molecule has 1 fully saturated rings. The summed E-state index contributed by atoms with van der Waals surface area (Å²) in [6.45, 7) is -0.0130. The van der Waals surface area contributed by atoms with Crippen LogP contribution in [0.2, 0.25) is 0 Å². The number of benzene rings is 2. The number of carbonyl (C=O) groups is 2. The monoisotopic (exact) mass is 383 g/mol. The smallest absolute Gasteiger partial charge is 0.259 e. The number of piperidine rings is 1. The maximum absolute atomic E-state index is 13.8. The molecular formula is C19H14F5NO2. The van der Waals surface area contributed by atoms with Gasteiger partial charge in [-0.15, -0.1) is 0 Å². The average Bonchev–Trinajstić information content (AvgIpc) is 2.60. The van der Waals surface area contributed by atoms with Crippen molar-refractivity contribution in [3.63, 3.8) is 0 Å². The van der Waals surface area contributed by atoms with Crippen molar-refractivity contribution in [2.24, 2.45) is 5.92 Å². The third-order valence-corrected chi connectivity index (χ3v) is 4.58. The number of Topliss-reactive ketones (excluding diaryl/α,β-unsaturated/α-hetero) is 1. The first kappa shape index (κ1) is 19.0. The predicted octanol–water partition coefficient (Wildman–Crippen LogP) is 4.12. The molecule has 0 atom stereocenters. The summed E-state index contributed by atoms with van der Waals surface area (Å²) in [4.78, 5) is 25.9. The van der Waals surface area contributed by atoms with Gasteiger partial charge in [-0.3, -0.25) is 9.59 Å². The Morgan fingerprint density at radius 1 is 0.815 bits per heavy atom. The highest BCUT2D eigenvalue weighted by atomic mass is 19.2. The van der Waals surface area contributed by atoms with Crippen LogP contribution in [-0.4, -0.2) is 29.7 Å². The van der Waals surface area contributed by atoms with E-state index >= 15 is 0 Å². The van der Waals surface area contributed by atoms with E-state index in [0.29, 0.717) is 12.1 Å². The quantitative estimate of drug-likeness (QED) is 0.591. The Morgan fingerprint density at radius 3 is 1.85 bits per heavy atom. The Morgan fingerprint density at radius 2 is 1.33 bits per heavy atom. The summed E-state index contributed by atoms with van der Waals surface area (Å²) in [5.74, 6) is -8.15. The van der Waals surface area contributed by atoms with Gasteiger partial charge in [0.05, 0.1) is 5.56 Å². The van der Waals surface area contributed by atoms with Crippen LogP contribution in [0.15, 0.2) is 30.3 Å². The first-order valence-electron chi connectivity index (χ1n) is 8.21. The molecule has 0 N–H and O–H groups in total. The van der Waals surface area contributed by atoms with Gasteiger partial charge in [0, 0.05) is 31.1 Å². The van der Waals surface area contributed by atoms with Crippen molar-refractivity contribution in [3.8, 4) is 0 Å². The third kappa shape index (κ3) is 3.70. The zero-order chi connectivity index (χ0) is 19.7. The molecular weight excluding hydrogens is 369 g/mol. The Bertz CT molecular complexity index is 864. The van der Waals surface area contributed by atoms with Gasteiger partial charge in [-0.1, -0.05) is 6.07 Å². The molecule has 142 valence electrons. The van der Waals surface area contributed by atoms with Crippen molar-refractivity contribution >= 4 is 11.7 Å². The fourth-order valence-corrected chi connectivity index (χ4v) is 3.19. The minimum Gasteiger partial charge on any atom is -0.338 e. The highest BCUT2D eigenvalue weighted by molar-refractivity contribution is 5.99. The van der Waals surface area contributed by atoms with Crippen molar-refractivity contribution in [1.29, 1.82) is 0 Å². The van der Waals surface area contributed by atoms with Crippen molar-refractivity contribution < 1.29 is 31.5 Å². The molecule has 0 spiro atoms. The van der Waals surface area contributed by atoms with E-state index in [1.54, 1.807) is 0 Å². The maximum Gasteiger partial charge on any atom is 0.259 e. The molecule has 1 amide bonds. The second-order valence-electron chi connectivity index (χ2n) is 6.27. The van der Waals surface area contributed by atoms with Crippen LogP contribution < -0.4 is 0 Å². The lowest BCUT2D eigenvalue weighted by atomic mass is 9.88. The van der Waals surface area contributed by atoms with Gasteiger partial charge >= 0.3 is 0 Å². The second kappa shape index (κ2) is 7.46. The van der Waals surface area contributed by atoms with Gasteiger partial charge in [0.15, 0.2) is 5.78 Å². The number of nitrogens with zero attached hydrogens (tertiary/aromatic N) is 1. The standard InChI is InChI=1S/C19H14F5NO2/c20-11-8-14(23)16(15(24)9-11)18(26)10-4-6-25(7-5-10)19(27)17-12(21)2-1-3-13(17)22/h1-3,8-10H,4-7H2. The summed E-state index contributed by atoms with van der Waals surface area (Å²) >= 11 is 0. The zero-order valence-corrected chi connectivity index (χ0v) is 13.9. The Hall–Kier alpha value is -2.77. The van der Waals surface area contributed by atoms with E-state index in [-0.39, 0.29) is 25.9 Å². The van der Waals surface area contributed by atoms with Crippen LogP contribution in [0.4, 0.5) is 22.0 Å². The molecule has 0 aromatic heterocycles. The molecule has 1 saturated heterocycles. The summed E-state index contributed by atoms with van der Waals surface area (Å²) in [5.41, 5.74) is -1.50. The van der Waals surface area contributed by atoms with E-state index in [2.05, 4.69) is 0 Å². The van der Waals surface area contributed by atoms with Crippen molar-refractivity contribution in [3.05, 3.63) is 70.5 Å². The first-order chi connectivity index (χ1) is 12.8. The van der Waals surface area contributed by atoms with Crippen LogP contribution in [0, 0.1) is 35.0 Å². The number of hydrogen-bond donors (Lipinski definition) is 0. The molecule has 1 heterocycles. The molecule has 1 aliphatic heterocycles. The van der Waals surface area contributed by atoms with Gasteiger partial charge < -0.3 is 4.90 Å². The number of amides is 1. The molecule has 0 radical (unpaired) electrons. The molecule has 3 rings (SSSR count). The van der Waals surface area contributed by atoms with E-state index in [0.717, 1.165) is 18.2 Å². The highest BCUT2D eigenvalue weighted by Crippen LogP contribution is 2.27. The molecule has 8 heteroatoms. The first-order valence-corrected chi connectivity index (χ1v) is 8.21. The van der Waals surface area contributed by atoms with E-state index in [1.165, 1.54) is 4.90 Å². The SMILES string of the molecule is O=C(c1c(F)cc(F)cc1F)C1CCN(C(=O)c2c(F)cccc2F)CC1. The molecule has 3 nitrogen and oxygen atoms in total. The van der Waals surface area contributed by atoms with Crippen molar-refractivity contribution in [1.82, 2.24) is 4.90 Å². The molecule has 0 aliphatic carbocycles. The molecule has 27 heavy (non-hydrogen) atoms. The largest absolute Gasteiger partial charge is 0.338 e. The van der Waals surface area contributed by atoms with E-state index in [9.17, 15) is 31.5 Å². The summed E-state index contributed by atoms with van der Waals surface area (Å²) in [5, 5.41) is 0.